The molecule has 1 atom stereocenters. The van der Waals surface area contributed by atoms with Crippen molar-refractivity contribution in [3.05, 3.63) is 64.9 Å². The molecule has 2 N–H and O–H groups in total. The van der Waals surface area contributed by atoms with E-state index >= 15 is 0 Å². The van der Waals surface area contributed by atoms with Crippen LogP contribution in [0.1, 0.15) is 17.2 Å². The zero-order valence-corrected chi connectivity index (χ0v) is 11.7. The number of hydrogen-bond acceptors (Lipinski definition) is 3. The molecular formula is C15H14ClN3O. The summed E-state index contributed by atoms with van der Waals surface area (Å²) >= 11 is 6.07. The Kier molecular flexibility index (Phi) is 3.34. The van der Waals surface area contributed by atoms with Crippen molar-refractivity contribution >= 4 is 17.1 Å². The molecule has 1 unspecified atom stereocenters. The monoisotopic (exact) mass is 287 g/mol. The molecule has 20 heavy (non-hydrogen) atoms. The molecular weight excluding hydrogens is 274 g/mol. The molecule has 0 saturated heterocycles. The largest absolute Gasteiger partial charge is 0.496 e. The van der Waals surface area contributed by atoms with Crippen molar-refractivity contribution in [1.29, 1.82) is 0 Å². The van der Waals surface area contributed by atoms with Crippen molar-refractivity contribution in [2.75, 3.05) is 7.11 Å². The maximum atomic E-state index is 6.38. The Hall–Kier alpha value is -2.04. The smallest absolute Gasteiger partial charge is 0.124 e. The van der Waals surface area contributed by atoms with Gasteiger partial charge in [-0.1, -0.05) is 17.7 Å². The van der Waals surface area contributed by atoms with Gasteiger partial charge < -0.3 is 10.5 Å². The van der Waals surface area contributed by atoms with Crippen molar-refractivity contribution in [3.8, 4) is 5.75 Å². The summed E-state index contributed by atoms with van der Waals surface area (Å²) in [4.78, 5) is 0. The lowest BCUT2D eigenvalue weighted by Crippen LogP contribution is -2.13. The summed E-state index contributed by atoms with van der Waals surface area (Å²) in [5.41, 5.74) is 9.14. The molecule has 2 aromatic heterocycles. The summed E-state index contributed by atoms with van der Waals surface area (Å²) in [6, 6.07) is 11.0. The molecule has 0 aliphatic carbocycles. The third kappa shape index (κ3) is 2.13. The molecule has 0 fully saturated rings. The van der Waals surface area contributed by atoms with E-state index in [0.29, 0.717) is 5.02 Å². The lowest BCUT2D eigenvalue weighted by molar-refractivity contribution is 0.408. The first-order valence-corrected chi connectivity index (χ1v) is 6.60. The maximum absolute atomic E-state index is 6.38. The highest BCUT2D eigenvalue weighted by Crippen LogP contribution is 2.32. The van der Waals surface area contributed by atoms with Gasteiger partial charge in [-0.05, 0) is 30.3 Å². The van der Waals surface area contributed by atoms with Gasteiger partial charge in [-0.3, -0.25) is 0 Å². The van der Waals surface area contributed by atoms with Crippen LogP contribution in [0.25, 0.3) is 5.52 Å². The van der Waals surface area contributed by atoms with Gasteiger partial charge in [-0.15, -0.1) is 0 Å². The Morgan fingerprint density at radius 2 is 2.10 bits per heavy atom. The fourth-order valence-corrected chi connectivity index (χ4v) is 2.49. The first kappa shape index (κ1) is 13.0. The van der Waals surface area contributed by atoms with Gasteiger partial charge >= 0.3 is 0 Å². The molecule has 2 heterocycles. The summed E-state index contributed by atoms with van der Waals surface area (Å²) < 4.78 is 7.16. The molecule has 0 bridgehead atoms. The zero-order chi connectivity index (χ0) is 14.1. The first-order valence-electron chi connectivity index (χ1n) is 6.22. The number of pyridine rings is 1. The van der Waals surface area contributed by atoms with E-state index in [-0.39, 0.29) is 6.04 Å². The van der Waals surface area contributed by atoms with Crippen LogP contribution in [0.4, 0.5) is 0 Å². The molecule has 0 spiro atoms. The molecule has 0 radical (unpaired) electrons. The van der Waals surface area contributed by atoms with Gasteiger partial charge in [-0.2, -0.15) is 5.10 Å². The van der Waals surface area contributed by atoms with Gasteiger partial charge in [0.05, 0.1) is 24.9 Å². The van der Waals surface area contributed by atoms with Crippen LogP contribution >= 0.6 is 11.6 Å². The minimum atomic E-state index is -0.344. The van der Waals surface area contributed by atoms with E-state index in [2.05, 4.69) is 5.10 Å². The second kappa shape index (κ2) is 5.15. The van der Waals surface area contributed by atoms with E-state index in [0.717, 1.165) is 22.4 Å². The number of hydrogen-bond donors (Lipinski definition) is 1. The number of benzene rings is 1. The Labute approximate surface area is 121 Å². The van der Waals surface area contributed by atoms with Crippen molar-refractivity contribution in [1.82, 2.24) is 9.61 Å². The molecule has 3 aromatic rings. The zero-order valence-electron chi connectivity index (χ0n) is 11.0. The van der Waals surface area contributed by atoms with Crippen LogP contribution in [0, 0.1) is 0 Å². The molecule has 1 aromatic carbocycles. The van der Waals surface area contributed by atoms with Gasteiger partial charge in [0, 0.05) is 22.3 Å². The summed E-state index contributed by atoms with van der Waals surface area (Å²) in [5.74, 6) is 0.720. The highest BCUT2D eigenvalue weighted by molar-refractivity contribution is 6.30. The Morgan fingerprint density at radius 3 is 2.90 bits per heavy atom. The minimum absolute atomic E-state index is 0.344. The number of aromatic nitrogens is 2. The van der Waals surface area contributed by atoms with E-state index in [4.69, 9.17) is 22.1 Å². The number of ether oxygens (including phenoxy) is 1. The Balaban J connectivity index is 2.13. The lowest BCUT2D eigenvalue weighted by atomic mass is 10.00. The van der Waals surface area contributed by atoms with Gasteiger partial charge in [0.2, 0.25) is 0 Å². The number of nitrogens with two attached hydrogens (primary N) is 1. The van der Waals surface area contributed by atoms with Gasteiger partial charge in [0.1, 0.15) is 5.75 Å². The fourth-order valence-electron chi connectivity index (χ4n) is 2.31. The summed E-state index contributed by atoms with van der Waals surface area (Å²) in [7, 11) is 1.62. The van der Waals surface area contributed by atoms with Gasteiger partial charge in [0.15, 0.2) is 0 Å². The Bertz CT molecular complexity index is 754. The van der Waals surface area contributed by atoms with E-state index in [9.17, 15) is 0 Å². The standard InChI is InChI=1S/C15H14ClN3O/c1-20-14-6-5-10(16)8-11(14)15(17)12-9-18-19-7-3-2-4-13(12)19/h2-9,15H,17H2,1H3. The summed E-state index contributed by atoms with van der Waals surface area (Å²) in [6.45, 7) is 0. The highest BCUT2D eigenvalue weighted by atomic mass is 35.5. The van der Waals surface area contributed by atoms with Crippen molar-refractivity contribution in [2.24, 2.45) is 5.73 Å². The van der Waals surface area contributed by atoms with Crippen LogP contribution in [-0.4, -0.2) is 16.7 Å². The molecule has 0 amide bonds. The third-order valence-electron chi connectivity index (χ3n) is 3.32. The van der Waals surface area contributed by atoms with Crippen LogP contribution < -0.4 is 10.5 Å². The average Bonchev–Trinajstić information content (AvgIpc) is 2.90. The summed E-state index contributed by atoms with van der Waals surface area (Å²) in [5, 5.41) is 4.94. The second-order valence-corrected chi connectivity index (χ2v) is 4.93. The van der Waals surface area contributed by atoms with Crippen LogP contribution in [0.2, 0.25) is 5.02 Å². The fraction of sp³-hybridized carbons (Fsp3) is 0.133. The van der Waals surface area contributed by atoms with Crippen molar-refractivity contribution < 1.29 is 4.74 Å². The first-order chi connectivity index (χ1) is 9.70. The quantitative estimate of drug-likeness (QED) is 0.805. The van der Waals surface area contributed by atoms with E-state index < -0.39 is 0 Å². The SMILES string of the molecule is COc1ccc(Cl)cc1C(N)c1cnn2ccccc12. The Morgan fingerprint density at radius 1 is 1.25 bits per heavy atom. The number of methoxy groups -OCH3 is 1. The lowest BCUT2D eigenvalue weighted by Gasteiger charge is -2.15. The molecule has 4 nitrogen and oxygen atoms in total. The molecule has 102 valence electrons. The van der Waals surface area contributed by atoms with E-state index in [1.165, 1.54) is 0 Å². The topological polar surface area (TPSA) is 52.5 Å². The third-order valence-corrected chi connectivity index (χ3v) is 3.55. The normalized spacial score (nSPS) is 12.6. The minimum Gasteiger partial charge on any atom is -0.496 e. The second-order valence-electron chi connectivity index (χ2n) is 4.49. The molecule has 3 rings (SSSR count). The van der Waals surface area contributed by atoms with Crippen LogP contribution in [0.5, 0.6) is 5.75 Å². The van der Waals surface area contributed by atoms with Gasteiger partial charge in [-0.25, -0.2) is 4.52 Å². The maximum Gasteiger partial charge on any atom is 0.124 e. The van der Waals surface area contributed by atoms with Crippen LogP contribution in [0.3, 0.4) is 0 Å². The molecule has 0 aliphatic heterocycles. The van der Waals surface area contributed by atoms with Crippen molar-refractivity contribution in [3.63, 3.8) is 0 Å². The number of fused-ring (bicyclic) bond motifs is 1. The molecule has 0 aliphatic rings. The van der Waals surface area contributed by atoms with Crippen molar-refractivity contribution in [2.45, 2.75) is 6.04 Å². The number of halogens is 1. The molecule has 0 saturated carbocycles. The number of rotatable bonds is 3. The van der Waals surface area contributed by atoms with Crippen LogP contribution in [0.15, 0.2) is 48.8 Å². The highest BCUT2D eigenvalue weighted by Gasteiger charge is 2.18. The predicted molar refractivity (Wildman–Crippen MR) is 79.2 cm³/mol. The van der Waals surface area contributed by atoms with E-state index in [1.54, 1.807) is 23.9 Å². The summed E-state index contributed by atoms with van der Waals surface area (Å²) in [6.07, 6.45) is 3.67. The van der Waals surface area contributed by atoms with Gasteiger partial charge in [0.25, 0.3) is 0 Å². The molecule has 5 heteroatoms. The van der Waals surface area contributed by atoms with E-state index in [1.807, 2.05) is 36.5 Å². The average molecular weight is 288 g/mol. The predicted octanol–water partition coefficient (Wildman–Crippen LogP) is 3.04. The number of nitrogens with zero attached hydrogens (tertiary/aromatic N) is 2. The van der Waals surface area contributed by atoms with Crippen LogP contribution in [-0.2, 0) is 0 Å².